The number of aromatic amines is 1. The van der Waals surface area contributed by atoms with Crippen LogP contribution in [0.5, 0.6) is 0 Å². The summed E-state index contributed by atoms with van der Waals surface area (Å²) in [4.78, 5) is 27.1. The summed E-state index contributed by atoms with van der Waals surface area (Å²) in [6, 6.07) is 2.72. The van der Waals surface area contributed by atoms with Crippen molar-refractivity contribution in [2.24, 2.45) is 0 Å². The van der Waals surface area contributed by atoms with Gasteiger partial charge in [0.15, 0.2) is 5.52 Å². The van der Waals surface area contributed by atoms with Crippen LogP contribution in [0.15, 0.2) is 18.5 Å². The zero-order valence-corrected chi connectivity index (χ0v) is 6.93. The molecule has 0 amide bonds. The van der Waals surface area contributed by atoms with Gasteiger partial charge in [-0.05, 0) is 6.07 Å². The van der Waals surface area contributed by atoms with Crippen molar-refractivity contribution in [2.75, 3.05) is 0 Å². The molecular weight excluding hydrogens is 186 g/mol. The first kappa shape index (κ1) is 8.36. The highest BCUT2D eigenvalue weighted by Crippen LogP contribution is 2.23. The Balaban J connectivity index is 2.83. The molecule has 1 N–H and O–H groups in total. The Kier molecular flexibility index (Phi) is 1.74. The van der Waals surface area contributed by atoms with E-state index in [1.165, 1.54) is 18.5 Å². The molecule has 2 aromatic rings. The third-order valence-electron chi connectivity index (χ3n) is 1.86. The Morgan fingerprint density at radius 2 is 2.29 bits per heavy atom. The van der Waals surface area contributed by atoms with Crippen LogP contribution >= 0.6 is 0 Å². The van der Waals surface area contributed by atoms with Gasteiger partial charge in [-0.15, -0.1) is 0 Å². The van der Waals surface area contributed by atoms with Crippen LogP contribution < -0.4 is 0 Å². The molecule has 0 aliphatic rings. The number of hydrogen-bond acceptors (Lipinski definition) is 4. The lowest BCUT2D eigenvalue weighted by Gasteiger charge is -1.94. The molecule has 0 radical (unpaired) electrons. The maximum absolute atomic E-state index is 10.6. The number of nitro groups is 1. The maximum atomic E-state index is 10.6. The molecule has 0 aliphatic heterocycles. The Hall–Kier alpha value is -2.24. The van der Waals surface area contributed by atoms with Gasteiger partial charge in [0.2, 0.25) is 0 Å². The summed E-state index contributed by atoms with van der Waals surface area (Å²) >= 11 is 0. The topological polar surface area (TPSA) is 88.9 Å². The number of nitro benzene ring substituents is 1. The zero-order chi connectivity index (χ0) is 10.1. The molecule has 2 rings (SSSR count). The van der Waals surface area contributed by atoms with Crippen LogP contribution in [0.1, 0.15) is 10.4 Å². The summed E-state index contributed by atoms with van der Waals surface area (Å²) in [5.41, 5.74) is 0.848. The van der Waals surface area contributed by atoms with E-state index in [1.807, 2.05) is 0 Å². The number of aldehydes is 1. The summed E-state index contributed by atoms with van der Waals surface area (Å²) in [5.74, 6) is 0. The number of hydrogen-bond donors (Lipinski definition) is 1. The van der Waals surface area contributed by atoms with E-state index in [-0.39, 0.29) is 16.8 Å². The predicted octanol–water partition coefficient (Wildman–Crippen LogP) is 1.28. The largest absolute Gasteiger partial charge is 0.344 e. The van der Waals surface area contributed by atoms with Gasteiger partial charge in [-0.2, -0.15) is 0 Å². The van der Waals surface area contributed by atoms with Gasteiger partial charge in [0, 0.05) is 11.6 Å². The maximum Gasteiger partial charge on any atom is 0.297 e. The molecule has 0 saturated heterocycles. The normalized spacial score (nSPS) is 10.3. The van der Waals surface area contributed by atoms with E-state index >= 15 is 0 Å². The molecular formula is C8H5N3O3. The summed E-state index contributed by atoms with van der Waals surface area (Å²) in [6.07, 6.45) is 1.92. The van der Waals surface area contributed by atoms with Crippen molar-refractivity contribution in [3.8, 4) is 0 Å². The molecule has 70 valence electrons. The second kappa shape index (κ2) is 2.91. The van der Waals surface area contributed by atoms with Crippen molar-refractivity contribution >= 4 is 23.0 Å². The van der Waals surface area contributed by atoms with Gasteiger partial charge in [0.25, 0.3) is 5.69 Å². The third-order valence-corrected chi connectivity index (χ3v) is 1.86. The second-order valence-electron chi connectivity index (χ2n) is 2.71. The lowest BCUT2D eigenvalue weighted by Crippen LogP contribution is -1.91. The van der Waals surface area contributed by atoms with E-state index < -0.39 is 4.92 Å². The predicted molar refractivity (Wildman–Crippen MR) is 48.1 cm³/mol. The van der Waals surface area contributed by atoms with Gasteiger partial charge < -0.3 is 4.98 Å². The molecule has 1 aromatic carbocycles. The standard InChI is InChI=1S/C8H5N3O3/c12-3-5-1-6-8(10-4-9-6)7(2-5)11(13)14/h1-4H,(H,9,10). The summed E-state index contributed by atoms with van der Waals surface area (Å²) in [6.45, 7) is 0. The monoisotopic (exact) mass is 191 g/mol. The van der Waals surface area contributed by atoms with Crippen LogP contribution in [0.3, 0.4) is 0 Å². The average molecular weight is 191 g/mol. The minimum atomic E-state index is -0.559. The van der Waals surface area contributed by atoms with Crippen LogP contribution in [0.2, 0.25) is 0 Å². The number of nitrogens with zero attached hydrogens (tertiary/aromatic N) is 2. The summed E-state index contributed by atoms with van der Waals surface area (Å²) in [7, 11) is 0. The number of non-ortho nitro benzene ring substituents is 1. The molecule has 6 heteroatoms. The summed E-state index contributed by atoms with van der Waals surface area (Å²) in [5, 5.41) is 10.6. The second-order valence-corrected chi connectivity index (χ2v) is 2.71. The fraction of sp³-hybridized carbons (Fsp3) is 0. The molecule has 0 spiro atoms. The van der Waals surface area contributed by atoms with Gasteiger partial charge >= 0.3 is 0 Å². The highest BCUT2D eigenvalue weighted by atomic mass is 16.6. The molecule has 6 nitrogen and oxygen atoms in total. The lowest BCUT2D eigenvalue weighted by atomic mass is 10.2. The Bertz CT molecular complexity index is 518. The number of rotatable bonds is 2. The molecule has 14 heavy (non-hydrogen) atoms. The lowest BCUT2D eigenvalue weighted by molar-refractivity contribution is -0.383. The molecule has 1 heterocycles. The first-order valence-corrected chi connectivity index (χ1v) is 3.79. The number of fused-ring (bicyclic) bond motifs is 1. The highest BCUT2D eigenvalue weighted by Gasteiger charge is 2.15. The molecule has 0 unspecified atom stereocenters. The van der Waals surface area contributed by atoms with E-state index in [4.69, 9.17) is 0 Å². The zero-order valence-electron chi connectivity index (χ0n) is 6.93. The van der Waals surface area contributed by atoms with Gasteiger partial charge in [-0.1, -0.05) is 0 Å². The first-order valence-electron chi connectivity index (χ1n) is 3.79. The van der Waals surface area contributed by atoms with Crippen molar-refractivity contribution in [2.45, 2.75) is 0 Å². The quantitative estimate of drug-likeness (QED) is 0.440. The minimum absolute atomic E-state index is 0.161. The number of imidazole rings is 1. The number of carbonyl (C=O) groups excluding carboxylic acids is 1. The molecule has 1 aromatic heterocycles. The first-order chi connectivity index (χ1) is 6.72. The number of carbonyl (C=O) groups is 1. The van der Waals surface area contributed by atoms with E-state index in [2.05, 4.69) is 9.97 Å². The minimum Gasteiger partial charge on any atom is -0.344 e. The Morgan fingerprint density at radius 1 is 1.50 bits per heavy atom. The van der Waals surface area contributed by atoms with Gasteiger partial charge in [-0.25, -0.2) is 4.98 Å². The van der Waals surface area contributed by atoms with Crippen LogP contribution in [-0.4, -0.2) is 21.2 Å². The highest BCUT2D eigenvalue weighted by molar-refractivity contribution is 5.91. The fourth-order valence-corrected chi connectivity index (χ4v) is 1.26. The van der Waals surface area contributed by atoms with Crippen LogP contribution in [0.4, 0.5) is 5.69 Å². The molecule has 0 fully saturated rings. The van der Waals surface area contributed by atoms with E-state index in [0.29, 0.717) is 11.8 Å². The van der Waals surface area contributed by atoms with Crippen molar-refractivity contribution in [1.82, 2.24) is 9.97 Å². The molecule has 0 bridgehead atoms. The number of aromatic nitrogens is 2. The third kappa shape index (κ3) is 1.13. The smallest absolute Gasteiger partial charge is 0.297 e. The molecule has 0 saturated carbocycles. The van der Waals surface area contributed by atoms with Gasteiger partial charge in [0.1, 0.15) is 6.29 Å². The van der Waals surface area contributed by atoms with Gasteiger partial charge in [-0.3, -0.25) is 14.9 Å². The van der Waals surface area contributed by atoms with Gasteiger partial charge in [0.05, 0.1) is 16.8 Å². The number of benzene rings is 1. The fourth-order valence-electron chi connectivity index (χ4n) is 1.26. The van der Waals surface area contributed by atoms with Crippen molar-refractivity contribution in [3.05, 3.63) is 34.1 Å². The van der Waals surface area contributed by atoms with E-state index in [1.54, 1.807) is 0 Å². The van der Waals surface area contributed by atoms with Crippen molar-refractivity contribution < 1.29 is 9.72 Å². The van der Waals surface area contributed by atoms with Crippen LogP contribution in [0.25, 0.3) is 11.0 Å². The Labute approximate surface area is 77.7 Å². The van der Waals surface area contributed by atoms with Crippen LogP contribution in [-0.2, 0) is 0 Å². The molecule has 0 aliphatic carbocycles. The average Bonchev–Trinajstić information content (AvgIpc) is 2.63. The number of H-pyrrole nitrogens is 1. The van der Waals surface area contributed by atoms with Crippen molar-refractivity contribution in [1.29, 1.82) is 0 Å². The number of nitrogens with one attached hydrogen (secondary N) is 1. The molecule has 0 atom stereocenters. The van der Waals surface area contributed by atoms with E-state index in [9.17, 15) is 14.9 Å². The van der Waals surface area contributed by atoms with Crippen molar-refractivity contribution in [3.63, 3.8) is 0 Å². The summed E-state index contributed by atoms with van der Waals surface area (Å²) < 4.78 is 0. The Morgan fingerprint density at radius 3 is 2.93 bits per heavy atom. The SMILES string of the molecule is O=Cc1cc([N+](=O)[O-])c2nc[nH]c2c1. The van der Waals surface area contributed by atoms with E-state index in [0.717, 1.165) is 0 Å². The van der Waals surface area contributed by atoms with Crippen LogP contribution in [0, 0.1) is 10.1 Å².